The highest BCUT2D eigenvalue weighted by atomic mass is 16.7. The molecule has 1 saturated heterocycles. The van der Waals surface area contributed by atoms with Crippen LogP contribution in [-0.4, -0.2) is 18.1 Å². The van der Waals surface area contributed by atoms with Crippen LogP contribution in [0.3, 0.4) is 0 Å². The van der Waals surface area contributed by atoms with Crippen LogP contribution in [0.4, 0.5) is 0 Å². The number of nitrogens with one attached hydrogen (secondary N) is 1. The Bertz CT molecular complexity index is 615. The zero-order valence-electron chi connectivity index (χ0n) is 12.4. The van der Waals surface area contributed by atoms with E-state index in [1.54, 1.807) is 0 Å². The number of esters is 1. The molecular formula is C18H19NO3. The van der Waals surface area contributed by atoms with Crippen molar-refractivity contribution in [2.75, 3.05) is 0 Å². The Morgan fingerprint density at radius 1 is 1.05 bits per heavy atom. The van der Waals surface area contributed by atoms with Crippen LogP contribution in [0.25, 0.3) is 0 Å². The maximum absolute atomic E-state index is 12.0. The lowest BCUT2D eigenvalue weighted by Gasteiger charge is -2.19. The molecule has 0 unspecified atom stereocenters. The van der Waals surface area contributed by atoms with E-state index in [1.165, 1.54) is 0 Å². The van der Waals surface area contributed by atoms with Crippen molar-refractivity contribution in [2.45, 2.75) is 31.6 Å². The Morgan fingerprint density at radius 2 is 1.68 bits per heavy atom. The summed E-state index contributed by atoms with van der Waals surface area (Å²) in [7, 11) is 0. The van der Waals surface area contributed by atoms with Crippen molar-refractivity contribution in [3.8, 4) is 0 Å². The largest absolute Gasteiger partial charge is 0.461 e. The van der Waals surface area contributed by atoms with Gasteiger partial charge in [-0.05, 0) is 18.1 Å². The monoisotopic (exact) mass is 297 g/mol. The standard InChI is InChI=1S/C18H19NO3/c1-13-16(15-10-6-3-7-11-15)17(18(20)22-13)19-21-12-14-8-4-2-5-9-14/h2-11,13,16-17,19H,12H2,1H3/t13-,16+,17+/m0/s1. The Hall–Kier alpha value is -2.17. The minimum absolute atomic E-state index is 0.0514. The van der Waals surface area contributed by atoms with E-state index in [-0.39, 0.29) is 18.0 Å². The molecule has 0 radical (unpaired) electrons. The highest BCUT2D eigenvalue weighted by Crippen LogP contribution is 2.32. The molecule has 4 nitrogen and oxygen atoms in total. The first-order valence-corrected chi connectivity index (χ1v) is 7.42. The smallest absolute Gasteiger partial charge is 0.326 e. The summed E-state index contributed by atoms with van der Waals surface area (Å²) in [6.45, 7) is 2.31. The third-order valence-corrected chi connectivity index (χ3v) is 3.90. The van der Waals surface area contributed by atoms with Gasteiger partial charge in [0.2, 0.25) is 0 Å². The van der Waals surface area contributed by atoms with E-state index in [1.807, 2.05) is 67.6 Å². The van der Waals surface area contributed by atoms with Crippen LogP contribution in [0, 0.1) is 0 Å². The molecule has 1 fully saturated rings. The molecule has 1 aliphatic rings. The fourth-order valence-electron chi connectivity index (χ4n) is 2.80. The molecule has 2 aromatic rings. The van der Waals surface area contributed by atoms with Gasteiger partial charge in [0.05, 0.1) is 6.61 Å². The van der Waals surface area contributed by atoms with Crippen molar-refractivity contribution < 1.29 is 14.4 Å². The molecule has 1 heterocycles. The molecule has 1 N–H and O–H groups in total. The second-order valence-corrected chi connectivity index (χ2v) is 5.45. The SMILES string of the molecule is C[C@@H]1OC(=O)[C@H](NOCc2ccccc2)[C@H]1c1ccccc1. The minimum atomic E-state index is -0.485. The first-order chi connectivity index (χ1) is 10.8. The van der Waals surface area contributed by atoms with Crippen LogP contribution < -0.4 is 5.48 Å². The van der Waals surface area contributed by atoms with Gasteiger partial charge in [0.15, 0.2) is 0 Å². The number of cyclic esters (lactones) is 1. The van der Waals surface area contributed by atoms with E-state index in [4.69, 9.17) is 9.57 Å². The van der Waals surface area contributed by atoms with Crippen LogP contribution in [0.2, 0.25) is 0 Å². The quantitative estimate of drug-likeness (QED) is 0.681. The predicted molar refractivity (Wildman–Crippen MR) is 82.9 cm³/mol. The van der Waals surface area contributed by atoms with Crippen LogP contribution in [0.15, 0.2) is 60.7 Å². The van der Waals surface area contributed by atoms with E-state index in [0.29, 0.717) is 6.61 Å². The summed E-state index contributed by atoms with van der Waals surface area (Å²) in [4.78, 5) is 17.6. The maximum Gasteiger partial charge on any atom is 0.326 e. The van der Waals surface area contributed by atoms with Crippen LogP contribution in [0.1, 0.15) is 24.0 Å². The van der Waals surface area contributed by atoms with E-state index >= 15 is 0 Å². The summed E-state index contributed by atoms with van der Waals surface area (Å²) >= 11 is 0. The van der Waals surface area contributed by atoms with E-state index in [0.717, 1.165) is 11.1 Å². The third kappa shape index (κ3) is 3.18. The van der Waals surface area contributed by atoms with E-state index in [9.17, 15) is 4.79 Å². The average molecular weight is 297 g/mol. The van der Waals surface area contributed by atoms with Gasteiger partial charge < -0.3 is 4.74 Å². The summed E-state index contributed by atoms with van der Waals surface area (Å²) in [6, 6.07) is 19.2. The second kappa shape index (κ2) is 6.73. The van der Waals surface area contributed by atoms with Gasteiger partial charge in [0, 0.05) is 5.92 Å². The molecule has 0 spiro atoms. The highest BCUT2D eigenvalue weighted by molar-refractivity contribution is 5.80. The highest BCUT2D eigenvalue weighted by Gasteiger charge is 2.43. The van der Waals surface area contributed by atoms with Crippen LogP contribution in [0.5, 0.6) is 0 Å². The lowest BCUT2D eigenvalue weighted by Crippen LogP contribution is -2.38. The molecule has 3 rings (SSSR count). The second-order valence-electron chi connectivity index (χ2n) is 5.45. The molecule has 1 aliphatic heterocycles. The van der Waals surface area contributed by atoms with Gasteiger partial charge in [-0.1, -0.05) is 60.7 Å². The van der Waals surface area contributed by atoms with Gasteiger partial charge >= 0.3 is 5.97 Å². The van der Waals surface area contributed by atoms with Gasteiger partial charge in [-0.25, -0.2) is 0 Å². The minimum Gasteiger partial charge on any atom is -0.461 e. The molecule has 0 bridgehead atoms. The number of carbonyl (C=O) groups is 1. The van der Waals surface area contributed by atoms with Crippen molar-refractivity contribution in [2.24, 2.45) is 0 Å². The van der Waals surface area contributed by atoms with Gasteiger partial charge in [-0.2, -0.15) is 5.48 Å². The molecule has 114 valence electrons. The summed E-state index contributed by atoms with van der Waals surface area (Å²) in [6.07, 6.45) is -0.173. The molecule has 0 saturated carbocycles. The van der Waals surface area contributed by atoms with Crippen molar-refractivity contribution in [3.05, 3.63) is 71.8 Å². The van der Waals surface area contributed by atoms with Crippen LogP contribution in [-0.2, 0) is 21.0 Å². The van der Waals surface area contributed by atoms with Gasteiger partial charge in [-0.3, -0.25) is 9.63 Å². The van der Waals surface area contributed by atoms with Gasteiger partial charge in [0.25, 0.3) is 0 Å². The molecule has 3 atom stereocenters. The fourth-order valence-corrected chi connectivity index (χ4v) is 2.80. The molecule has 22 heavy (non-hydrogen) atoms. The Morgan fingerprint density at radius 3 is 2.36 bits per heavy atom. The number of hydrogen-bond acceptors (Lipinski definition) is 4. The number of hydrogen-bond donors (Lipinski definition) is 1. The number of carbonyl (C=O) groups excluding carboxylic acids is 1. The zero-order valence-corrected chi connectivity index (χ0v) is 12.4. The van der Waals surface area contributed by atoms with Crippen LogP contribution >= 0.6 is 0 Å². The topological polar surface area (TPSA) is 47.6 Å². The number of benzene rings is 2. The van der Waals surface area contributed by atoms with Crippen molar-refractivity contribution >= 4 is 5.97 Å². The fraction of sp³-hybridized carbons (Fsp3) is 0.278. The predicted octanol–water partition coefficient (Wildman–Crippen LogP) is 2.81. The molecule has 0 aliphatic carbocycles. The van der Waals surface area contributed by atoms with Gasteiger partial charge in [0.1, 0.15) is 12.1 Å². The van der Waals surface area contributed by atoms with E-state index in [2.05, 4.69) is 5.48 Å². The maximum atomic E-state index is 12.0. The van der Waals surface area contributed by atoms with Gasteiger partial charge in [-0.15, -0.1) is 0 Å². The first kappa shape index (κ1) is 14.8. The molecule has 2 aromatic carbocycles. The normalized spacial score (nSPS) is 24.2. The number of rotatable bonds is 5. The summed E-state index contributed by atoms with van der Waals surface area (Å²) in [5.41, 5.74) is 5.00. The summed E-state index contributed by atoms with van der Waals surface area (Å²) < 4.78 is 5.36. The van der Waals surface area contributed by atoms with Crippen molar-refractivity contribution in [3.63, 3.8) is 0 Å². The third-order valence-electron chi connectivity index (χ3n) is 3.90. The first-order valence-electron chi connectivity index (χ1n) is 7.42. The lowest BCUT2D eigenvalue weighted by atomic mass is 9.90. The van der Waals surface area contributed by atoms with E-state index < -0.39 is 6.04 Å². The molecule has 4 heteroatoms. The summed E-state index contributed by atoms with van der Waals surface area (Å²) in [5.74, 6) is -0.320. The Labute approximate surface area is 130 Å². The summed E-state index contributed by atoms with van der Waals surface area (Å²) in [5, 5.41) is 0. The van der Waals surface area contributed by atoms with Crippen molar-refractivity contribution in [1.82, 2.24) is 5.48 Å². The Balaban J connectivity index is 1.66. The Kier molecular flexibility index (Phi) is 4.51. The molecule has 0 aromatic heterocycles. The zero-order chi connectivity index (χ0) is 15.4. The molecule has 0 amide bonds. The number of hydroxylamine groups is 1. The van der Waals surface area contributed by atoms with Crippen molar-refractivity contribution in [1.29, 1.82) is 0 Å². The average Bonchev–Trinajstić information content (AvgIpc) is 2.83. The lowest BCUT2D eigenvalue weighted by molar-refractivity contribution is -0.145. The molecular weight excluding hydrogens is 278 g/mol. The number of ether oxygens (including phenoxy) is 1.